The predicted molar refractivity (Wildman–Crippen MR) is 139 cm³/mol. The largest absolute Gasteiger partial charge is 0.361 e. The van der Waals surface area contributed by atoms with E-state index in [1.807, 2.05) is 18.3 Å². The molecule has 5 rings (SSSR count). The van der Waals surface area contributed by atoms with Gasteiger partial charge in [0, 0.05) is 61.1 Å². The third-order valence-electron chi connectivity index (χ3n) is 6.42. The SMILES string of the molecule is CS(=O)(=O)c1cccc(Cc2nnc(CCc3c[nH]c4ccccc34)n2CCCC2=CCC=N2)c1. The molecule has 0 aliphatic carbocycles. The first-order valence-corrected chi connectivity index (χ1v) is 13.8. The van der Waals surface area contributed by atoms with Crippen LogP contribution in [0.5, 0.6) is 0 Å². The van der Waals surface area contributed by atoms with Crippen LogP contribution in [-0.4, -0.2) is 40.6 Å². The van der Waals surface area contributed by atoms with E-state index in [0.29, 0.717) is 11.3 Å². The second-order valence-electron chi connectivity index (χ2n) is 8.99. The van der Waals surface area contributed by atoms with E-state index in [1.165, 1.54) is 17.2 Å². The molecule has 1 aliphatic rings. The number of allylic oxidation sites excluding steroid dienone is 2. The van der Waals surface area contributed by atoms with Crippen molar-refractivity contribution >= 4 is 27.0 Å². The Balaban J connectivity index is 1.37. The Bertz CT molecular complexity index is 1510. The van der Waals surface area contributed by atoms with Crippen LogP contribution in [0.4, 0.5) is 0 Å². The van der Waals surface area contributed by atoms with Gasteiger partial charge in [0.15, 0.2) is 9.84 Å². The van der Waals surface area contributed by atoms with Crippen LogP contribution in [0.15, 0.2) is 76.4 Å². The monoisotopic (exact) mass is 487 g/mol. The minimum atomic E-state index is -3.26. The molecule has 35 heavy (non-hydrogen) atoms. The summed E-state index contributed by atoms with van der Waals surface area (Å²) >= 11 is 0. The number of rotatable bonds is 10. The molecule has 3 heterocycles. The zero-order chi connectivity index (χ0) is 24.3. The van der Waals surface area contributed by atoms with Gasteiger partial charge in [-0.15, -0.1) is 10.2 Å². The molecule has 7 nitrogen and oxygen atoms in total. The summed E-state index contributed by atoms with van der Waals surface area (Å²) in [7, 11) is -3.26. The Labute approximate surface area is 205 Å². The summed E-state index contributed by atoms with van der Waals surface area (Å²) in [4.78, 5) is 8.11. The topological polar surface area (TPSA) is 93.0 Å². The van der Waals surface area contributed by atoms with Gasteiger partial charge in [-0.05, 0) is 48.6 Å². The van der Waals surface area contributed by atoms with Gasteiger partial charge in [-0.1, -0.05) is 36.4 Å². The molecule has 0 bridgehead atoms. The minimum Gasteiger partial charge on any atom is -0.361 e. The molecule has 0 saturated carbocycles. The highest BCUT2D eigenvalue weighted by atomic mass is 32.2. The minimum absolute atomic E-state index is 0.326. The maximum absolute atomic E-state index is 12.0. The highest BCUT2D eigenvalue weighted by Gasteiger charge is 2.15. The fourth-order valence-corrected chi connectivity index (χ4v) is 5.29. The van der Waals surface area contributed by atoms with Crippen molar-refractivity contribution in [2.45, 2.75) is 50.0 Å². The van der Waals surface area contributed by atoms with Crippen LogP contribution in [0.25, 0.3) is 10.9 Å². The number of aryl methyl sites for hydroxylation is 2. The number of aromatic nitrogens is 4. The number of aromatic amines is 1. The van der Waals surface area contributed by atoms with Gasteiger partial charge in [-0.3, -0.25) is 4.99 Å². The van der Waals surface area contributed by atoms with Crippen molar-refractivity contribution in [2.24, 2.45) is 4.99 Å². The second-order valence-corrected chi connectivity index (χ2v) is 11.0. The molecule has 0 fully saturated rings. The van der Waals surface area contributed by atoms with Crippen LogP contribution in [0.3, 0.4) is 0 Å². The molecular weight excluding hydrogens is 458 g/mol. The maximum Gasteiger partial charge on any atom is 0.175 e. The van der Waals surface area contributed by atoms with E-state index in [1.54, 1.807) is 18.2 Å². The Morgan fingerprint density at radius 3 is 2.69 bits per heavy atom. The number of benzene rings is 2. The predicted octanol–water partition coefficient (Wildman–Crippen LogP) is 4.68. The molecule has 0 radical (unpaired) electrons. The van der Waals surface area contributed by atoms with Gasteiger partial charge < -0.3 is 9.55 Å². The number of nitrogens with one attached hydrogen (secondary N) is 1. The van der Waals surface area contributed by atoms with Crippen LogP contribution in [0, 0.1) is 0 Å². The number of aliphatic imine (C=N–C) groups is 1. The quantitative estimate of drug-likeness (QED) is 0.352. The van der Waals surface area contributed by atoms with E-state index < -0.39 is 9.84 Å². The third-order valence-corrected chi connectivity index (χ3v) is 7.53. The lowest BCUT2D eigenvalue weighted by molar-refractivity contribution is 0.586. The van der Waals surface area contributed by atoms with Gasteiger partial charge in [0.1, 0.15) is 11.6 Å². The number of para-hydroxylation sites is 1. The second kappa shape index (κ2) is 10.00. The van der Waals surface area contributed by atoms with Crippen LogP contribution < -0.4 is 0 Å². The van der Waals surface area contributed by atoms with Crippen molar-refractivity contribution < 1.29 is 8.42 Å². The summed E-state index contributed by atoms with van der Waals surface area (Å²) in [5.41, 5.74) is 4.46. The summed E-state index contributed by atoms with van der Waals surface area (Å²) in [6, 6.07) is 15.4. The van der Waals surface area contributed by atoms with Gasteiger partial charge in [0.05, 0.1) is 4.90 Å². The lowest BCUT2D eigenvalue weighted by atomic mass is 10.1. The molecule has 180 valence electrons. The normalized spacial score (nSPS) is 13.6. The molecular formula is C27H29N5O2S. The standard InChI is InChI=1S/C27H29N5O2S/c1-35(33,34)23-10-4-7-20(17-23)18-27-31-30-26(32(27)16-6-9-22-8-5-15-28-22)14-13-21-19-29-25-12-3-2-11-24(21)25/h2-4,7-8,10-12,15,17,19,29H,5-6,9,13-14,16,18H2,1H3. The van der Waals surface area contributed by atoms with Crippen molar-refractivity contribution in [3.05, 3.63) is 89.3 Å². The van der Waals surface area contributed by atoms with Crippen molar-refractivity contribution in [1.29, 1.82) is 0 Å². The van der Waals surface area contributed by atoms with E-state index in [4.69, 9.17) is 0 Å². The van der Waals surface area contributed by atoms with Gasteiger partial charge in [0.2, 0.25) is 0 Å². The maximum atomic E-state index is 12.0. The van der Waals surface area contributed by atoms with Crippen LogP contribution in [0.1, 0.15) is 42.0 Å². The molecule has 2 aromatic carbocycles. The molecule has 2 aromatic heterocycles. The molecule has 4 aromatic rings. The number of H-pyrrole nitrogens is 1. The number of hydrogen-bond acceptors (Lipinski definition) is 5. The Kier molecular flexibility index (Phi) is 6.63. The summed E-state index contributed by atoms with van der Waals surface area (Å²) in [5, 5.41) is 10.3. The zero-order valence-electron chi connectivity index (χ0n) is 19.8. The highest BCUT2D eigenvalue weighted by molar-refractivity contribution is 7.90. The van der Waals surface area contributed by atoms with Crippen LogP contribution in [0.2, 0.25) is 0 Å². The first-order chi connectivity index (χ1) is 17.0. The molecule has 8 heteroatoms. The van der Waals surface area contributed by atoms with Gasteiger partial charge in [-0.25, -0.2) is 8.42 Å². The lowest BCUT2D eigenvalue weighted by Gasteiger charge is -2.11. The van der Waals surface area contributed by atoms with E-state index in [9.17, 15) is 8.42 Å². The van der Waals surface area contributed by atoms with Crippen molar-refractivity contribution in [3.8, 4) is 0 Å². The Morgan fingerprint density at radius 1 is 1.00 bits per heavy atom. The van der Waals surface area contributed by atoms with E-state index in [-0.39, 0.29) is 0 Å². The summed E-state index contributed by atoms with van der Waals surface area (Å²) < 4.78 is 26.2. The van der Waals surface area contributed by atoms with E-state index in [0.717, 1.165) is 67.1 Å². The smallest absolute Gasteiger partial charge is 0.175 e. The van der Waals surface area contributed by atoms with E-state index >= 15 is 0 Å². The van der Waals surface area contributed by atoms with Crippen LogP contribution in [-0.2, 0) is 35.6 Å². The number of nitrogens with zero attached hydrogens (tertiary/aromatic N) is 4. The van der Waals surface area contributed by atoms with Crippen molar-refractivity contribution in [3.63, 3.8) is 0 Å². The number of fused-ring (bicyclic) bond motifs is 1. The molecule has 0 unspecified atom stereocenters. The number of hydrogen-bond donors (Lipinski definition) is 1. The van der Waals surface area contributed by atoms with E-state index in [2.05, 4.69) is 55.2 Å². The third kappa shape index (κ3) is 5.43. The zero-order valence-corrected chi connectivity index (χ0v) is 20.6. The molecule has 0 spiro atoms. The highest BCUT2D eigenvalue weighted by Crippen LogP contribution is 2.21. The van der Waals surface area contributed by atoms with Gasteiger partial charge in [0.25, 0.3) is 0 Å². The average Bonchev–Trinajstić information content (AvgIpc) is 3.59. The molecule has 0 amide bonds. The van der Waals surface area contributed by atoms with Gasteiger partial charge in [-0.2, -0.15) is 0 Å². The average molecular weight is 488 g/mol. The Morgan fingerprint density at radius 2 is 1.86 bits per heavy atom. The molecule has 0 saturated heterocycles. The fraction of sp³-hybridized carbons (Fsp3) is 0.296. The summed E-state index contributed by atoms with van der Waals surface area (Å²) in [5.74, 6) is 1.81. The first-order valence-electron chi connectivity index (χ1n) is 11.9. The summed E-state index contributed by atoms with van der Waals surface area (Å²) in [6.07, 6.45) is 12.4. The molecule has 0 atom stereocenters. The Hall–Kier alpha value is -3.52. The van der Waals surface area contributed by atoms with Crippen molar-refractivity contribution in [1.82, 2.24) is 19.7 Å². The van der Waals surface area contributed by atoms with Crippen molar-refractivity contribution in [2.75, 3.05) is 6.26 Å². The molecule has 1 N–H and O–H groups in total. The van der Waals surface area contributed by atoms with Gasteiger partial charge >= 0.3 is 0 Å². The lowest BCUT2D eigenvalue weighted by Crippen LogP contribution is -2.10. The number of sulfone groups is 1. The first kappa shape index (κ1) is 23.2. The fourth-order valence-electron chi connectivity index (χ4n) is 4.60. The summed E-state index contributed by atoms with van der Waals surface area (Å²) in [6.45, 7) is 0.796. The molecule has 1 aliphatic heterocycles. The van der Waals surface area contributed by atoms with Crippen LogP contribution >= 0.6 is 0 Å².